The van der Waals surface area contributed by atoms with Gasteiger partial charge in [0.05, 0.1) is 5.60 Å². The summed E-state index contributed by atoms with van der Waals surface area (Å²) < 4.78 is 0. The van der Waals surface area contributed by atoms with Gasteiger partial charge in [0.2, 0.25) is 0 Å². The van der Waals surface area contributed by atoms with E-state index < -0.39 is 5.60 Å². The van der Waals surface area contributed by atoms with Gasteiger partial charge < -0.3 is 10.2 Å². The van der Waals surface area contributed by atoms with Crippen molar-refractivity contribution in [1.29, 1.82) is 0 Å². The van der Waals surface area contributed by atoms with Crippen molar-refractivity contribution in [3.63, 3.8) is 0 Å². The molecule has 0 fully saturated rings. The first-order valence-electron chi connectivity index (χ1n) is 18.8. The van der Waals surface area contributed by atoms with E-state index in [0.717, 1.165) is 60.7 Å². The third-order valence-corrected chi connectivity index (χ3v) is 11.4. The minimum absolute atomic E-state index is 0.0249. The molecule has 10 aromatic carbocycles. The molecule has 0 saturated heterocycles. The summed E-state index contributed by atoms with van der Waals surface area (Å²) in [5.74, 6) is -0.0249. The molecule has 0 saturated carbocycles. The van der Waals surface area contributed by atoms with Crippen LogP contribution < -0.4 is 0 Å². The molecule has 2 nitrogen and oxygen atoms in total. The molecule has 2 heteroatoms. The molecule has 55 heavy (non-hydrogen) atoms. The molecule has 0 aliphatic heterocycles. The highest BCUT2D eigenvalue weighted by Gasteiger charge is 2.26. The second kappa shape index (κ2) is 12.4. The van der Waals surface area contributed by atoms with Gasteiger partial charge in [0.1, 0.15) is 5.76 Å². The Balaban J connectivity index is 1.27. The SMILES string of the molecule is C=C(O)c1cc(-c2ccc3ccc4cccc5ccc2c3c45)c(C(C)(C)O)cc1-c1ccc2c(-c3ccccc3)c3ccccc3c(-c3ccccc3)c2c1. The lowest BCUT2D eigenvalue weighted by atomic mass is 9.81. The van der Waals surface area contributed by atoms with Crippen molar-refractivity contribution in [2.45, 2.75) is 19.4 Å². The summed E-state index contributed by atoms with van der Waals surface area (Å²) in [7, 11) is 0. The van der Waals surface area contributed by atoms with Crippen LogP contribution in [0.2, 0.25) is 0 Å². The predicted molar refractivity (Wildman–Crippen MR) is 234 cm³/mol. The lowest BCUT2D eigenvalue weighted by Gasteiger charge is -2.26. The van der Waals surface area contributed by atoms with Gasteiger partial charge in [-0.05, 0) is 136 Å². The van der Waals surface area contributed by atoms with E-state index in [9.17, 15) is 10.2 Å². The van der Waals surface area contributed by atoms with E-state index in [1.807, 2.05) is 19.9 Å². The van der Waals surface area contributed by atoms with Gasteiger partial charge in [-0.15, -0.1) is 0 Å². The Morgan fingerprint density at radius 1 is 0.436 bits per heavy atom. The Labute approximate surface area is 320 Å². The van der Waals surface area contributed by atoms with Crippen molar-refractivity contribution in [3.05, 3.63) is 188 Å². The molecule has 10 aromatic rings. The van der Waals surface area contributed by atoms with Crippen molar-refractivity contribution in [2.75, 3.05) is 0 Å². The molecule has 10 rings (SSSR count). The average Bonchev–Trinajstić information content (AvgIpc) is 3.21. The van der Waals surface area contributed by atoms with E-state index in [4.69, 9.17) is 0 Å². The second-order valence-corrected chi connectivity index (χ2v) is 15.2. The lowest BCUT2D eigenvalue weighted by Crippen LogP contribution is -2.17. The summed E-state index contributed by atoms with van der Waals surface area (Å²) >= 11 is 0. The summed E-state index contributed by atoms with van der Waals surface area (Å²) in [6.45, 7) is 7.76. The second-order valence-electron chi connectivity index (χ2n) is 15.2. The standard InChI is InChI=1S/C53H38O2/c1-32(54)44-30-46(39-26-23-37-22-21-35-17-12-18-36-24-27-42(39)52(37)49(35)36)48(53(2,3)55)31-45(44)38-25-28-43-47(29-38)51(34-15-8-5-9-16-34)41-20-11-10-19-40(41)50(43)33-13-6-4-7-14-33/h4-31,54-55H,1H2,2-3H3. The third kappa shape index (κ3) is 5.21. The van der Waals surface area contributed by atoms with Crippen LogP contribution in [0.1, 0.15) is 25.0 Å². The highest BCUT2D eigenvalue weighted by Crippen LogP contribution is 2.48. The van der Waals surface area contributed by atoms with Crippen molar-refractivity contribution in [2.24, 2.45) is 0 Å². The van der Waals surface area contributed by atoms with Crippen LogP contribution in [-0.2, 0) is 5.60 Å². The lowest BCUT2D eigenvalue weighted by molar-refractivity contribution is 0.0792. The van der Waals surface area contributed by atoms with Gasteiger partial charge in [0.25, 0.3) is 0 Å². The Hall–Kier alpha value is -6.74. The van der Waals surface area contributed by atoms with E-state index >= 15 is 0 Å². The number of rotatable bonds is 6. The molecule has 0 radical (unpaired) electrons. The number of aliphatic hydroxyl groups is 2. The van der Waals surface area contributed by atoms with Crippen molar-refractivity contribution < 1.29 is 10.2 Å². The van der Waals surface area contributed by atoms with Crippen molar-refractivity contribution in [1.82, 2.24) is 0 Å². The molecule has 0 spiro atoms. The minimum atomic E-state index is -1.20. The van der Waals surface area contributed by atoms with Crippen LogP contribution in [0.3, 0.4) is 0 Å². The van der Waals surface area contributed by atoms with Crippen LogP contribution in [-0.4, -0.2) is 10.2 Å². The summed E-state index contributed by atoms with van der Waals surface area (Å²) in [5, 5.41) is 35.1. The van der Waals surface area contributed by atoms with Gasteiger partial charge in [-0.1, -0.05) is 158 Å². The summed E-state index contributed by atoms with van der Waals surface area (Å²) in [6, 6.07) is 60.0. The molecule has 0 aliphatic rings. The van der Waals surface area contributed by atoms with Crippen LogP contribution in [0.5, 0.6) is 0 Å². The van der Waals surface area contributed by atoms with E-state index in [1.165, 1.54) is 43.3 Å². The molecule has 0 heterocycles. The first-order chi connectivity index (χ1) is 26.8. The van der Waals surface area contributed by atoms with E-state index in [1.54, 1.807) is 0 Å². The number of benzene rings is 10. The maximum Gasteiger partial charge on any atom is 0.116 e. The number of hydrogen-bond donors (Lipinski definition) is 2. The normalized spacial score (nSPS) is 12.1. The maximum atomic E-state index is 11.9. The zero-order valence-electron chi connectivity index (χ0n) is 30.8. The van der Waals surface area contributed by atoms with Crippen molar-refractivity contribution in [3.8, 4) is 44.5 Å². The quantitative estimate of drug-likeness (QED) is 0.103. The smallest absolute Gasteiger partial charge is 0.116 e. The van der Waals surface area contributed by atoms with Crippen LogP contribution in [0.15, 0.2) is 176 Å². The fourth-order valence-corrected chi connectivity index (χ4v) is 8.95. The summed E-state index contributed by atoms with van der Waals surface area (Å²) in [4.78, 5) is 0. The molecule has 2 N–H and O–H groups in total. The molecule has 0 amide bonds. The third-order valence-electron chi connectivity index (χ3n) is 11.4. The summed E-state index contributed by atoms with van der Waals surface area (Å²) in [6.07, 6.45) is 0. The molecule has 0 unspecified atom stereocenters. The fourth-order valence-electron chi connectivity index (χ4n) is 8.95. The van der Waals surface area contributed by atoms with E-state index in [0.29, 0.717) is 5.56 Å². The molecular weight excluding hydrogens is 669 g/mol. The van der Waals surface area contributed by atoms with Crippen molar-refractivity contribution >= 4 is 59.6 Å². The number of aliphatic hydroxyl groups excluding tert-OH is 1. The largest absolute Gasteiger partial charge is 0.508 e. The number of fused-ring (bicyclic) bond motifs is 2. The van der Waals surface area contributed by atoms with Gasteiger partial charge >= 0.3 is 0 Å². The van der Waals surface area contributed by atoms with E-state index in [-0.39, 0.29) is 5.76 Å². The molecule has 0 aliphatic carbocycles. The Bertz CT molecular complexity index is 3120. The predicted octanol–water partition coefficient (Wildman–Crippen LogP) is 14.3. The minimum Gasteiger partial charge on any atom is -0.508 e. The highest BCUT2D eigenvalue weighted by atomic mass is 16.3. The first-order valence-corrected chi connectivity index (χ1v) is 18.8. The Morgan fingerprint density at radius 3 is 1.58 bits per heavy atom. The van der Waals surface area contributed by atoms with Gasteiger partial charge in [0, 0.05) is 5.56 Å². The fraction of sp³-hybridized carbons (Fsp3) is 0.0566. The Kier molecular flexibility index (Phi) is 7.42. The van der Waals surface area contributed by atoms with Crippen LogP contribution in [0, 0.1) is 0 Å². The average molecular weight is 707 g/mol. The van der Waals surface area contributed by atoms with Crippen LogP contribution in [0.4, 0.5) is 0 Å². The van der Waals surface area contributed by atoms with Gasteiger partial charge in [-0.2, -0.15) is 0 Å². The molecule has 0 bridgehead atoms. The Morgan fingerprint density at radius 2 is 0.964 bits per heavy atom. The first kappa shape index (κ1) is 32.9. The maximum absolute atomic E-state index is 11.9. The zero-order valence-corrected chi connectivity index (χ0v) is 30.8. The van der Waals surface area contributed by atoms with Crippen LogP contribution in [0.25, 0.3) is 104 Å². The van der Waals surface area contributed by atoms with Crippen LogP contribution >= 0.6 is 0 Å². The highest BCUT2D eigenvalue weighted by molar-refractivity contribution is 6.26. The topological polar surface area (TPSA) is 40.5 Å². The molecule has 0 atom stereocenters. The van der Waals surface area contributed by atoms with Gasteiger partial charge in [-0.25, -0.2) is 0 Å². The van der Waals surface area contributed by atoms with Gasteiger partial charge in [-0.3, -0.25) is 0 Å². The molecule has 0 aromatic heterocycles. The zero-order chi connectivity index (χ0) is 37.4. The molecule has 262 valence electrons. The summed E-state index contributed by atoms with van der Waals surface area (Å²) in [5.41, 5.74) is 8.42. The van der Waals surface area contributed by atoms with E-state index in [2.05, 4.69) is 170 Å². The monoisotopic (exact) mass is 706 g/mol. The van der Waals surface area contributed by atoms with Gasteiger partial charge in [0.15, 0.2) is 0 Å². The number of hydrogen-bond acceptors (Lipinski definition) is 2. The molecular formula is C53H38O2.